The third-order valence-corrected chi connectivity index (χ3v) is 9.29. The molecule has 0 aliphatic rings. The zero-order valence-corrected chi connectivity index (χ0v) is 28.4. The molecule has 252 valence electrons. The molecule has 7 heteroatoms. The number of unbranched alkanes of at least 4 members (excludes halogenated alkanes) is 15. The Morgan fingerprint density at radius 2 is 0.791 bits per heavy atom. The summed E-state index contributed by atoms with van der Waals surface area (Å²) in [6.45, 7) is 9.97. The number of aliphatic carboxylic acids is 3. The summed E-state index contributed by atoms with van der Waals surface area (Å²) in [7, 11) is 0. The van der Waals surface area contributed by atoms with E-state index in [1.54, 1.807) is 20.8 Å². The average Bonchev–Trinajstić information content (AvgIpc) is 2.97. The minimum atomic E-state index is -0.834. The standard InChI is InChI=1S/C36H67NO6/c1-5-6-7-8-9-10-11-12-13-14-15-16-17-18-19-20-21-22-23-27-37(28-24-31(2)34(38)39,29-25-32(3)35(40)41)30-26-33(4)36(42)43/h21-22,31-33H,5-20,23-30H2,1-4H3,(H2-,38,39,40,41,42,43)/p+1/b22-21+. The van der Waals surface area contributed by atoms with E-state index in [0.717, 1.165) is 19.4 Å². The molecular formula is C36H68NO6+. The quantitative estimate of drug-likeness (QED) is 0.0410. The molecule has 0 fully saturated rings. The van der Waals surface area contributed by atoms with Crippen molar-refractivity contribution in [3.05, 3.63) is 12.2 Å². The Hall–Kier alpha value is -1.89. The van der Waals surface area contributed by atoms with E-state index in [2.05, 4.69) is 19.1 Å². The van der Waals surface area contributed by atoms with Crippen molar-refractivity contribution in [3.63, 3.8) is 0 Å². The first-order valence-electron chi connectivity index (χ1n) is 17.7. The first-order valence-corrected chi connectivity index (χ1v) is 17.7. The van der Waals surface area contributed by atoms with Crippen LogP contribution in [0.15, 0.2) is 12.2 Å². The van der Waals surface area contributed by atoms with Gasteiger partial charge in [-0.05, 0) is 12.8 Å². The van der Waals surface area contributed by atoms with Crippen LogP contribution in [0, 0.1) is 17.8 Å². The number of carboxylic acids is 3. The van der Waals surface area contributed by atoms with Gasteiger partial charge in [0.1, 0.15) is 0 Å². The number of carboxylic acid groups (broad SMARTS) is 3. The van der Waals surface area contributed by atoms with Crippen molar-refractivity contribution in [3.8, 4) is 0 Å². The molecule has 0 radical (unpaired) electrons. The van der Waals surface area contributed by atoms with E-state index in [1.807, 2.05) is 0 Å². The average molecular weight is 611 g/mol. The van der Waals surface area contributed by atoms with Gasteiger partial charge < -0.3 is 19.8 Å². The van der Waals surface area contributed by atoms with Gasteiger partial charge in [-0.3, -0.25) is 14.4 Å². The molecule has 0 aliphatic heterocycles. The van der Waals surface area contributed by atoms with Crippen LogP contribution in [0.2, 0.25) is 0 Å². The first kappa shape index (κ1) is 41.1. The van der Waals surface area contributed by atoms with Gasteiger partial charge in [-0.2, -0.15) is 0 Å². The van der Waals surface area contributed by atoms with Gasteiger partial charge in [-0.1, -0.05) is 130 Å². The van der Waals surface area contributed by atoms with Gasteiger partial charge in [0.15, 0.2) is 0 Å². The summed E-state index contributed by atoms with van der Waals surface area (Å²) in [5.41, 5.74) is 0. The Balaban J connectivity index is 4.52. The van der Waals surface area contributed by atoms with Crippen molar-refractivity contribution in [2.45, 2.75) is 156 Å². The highest BCUT2D eigenvalue weighted by molar-refractivity contribution is 5.70. The van der Waals surface area contributed by atoms with Crippen LogP contribution in [0.1, 0.15) is 156 Å². The Kier molecular flexibility index (Phi) is 25.3. The fraction of sp³-hybridized carbons (Fsp3) is 0.861. The zero-order chi connectivity index (χ0) is 32.3. The topological polar surface area (TPSA) is 112 Å². The van der Waals surface area contributed by atoms with Crippen molar-refractivity contribution < 1.29 is 34.2 Å². The zero-order valence-electron chi connectivity index (χ0n) is 28.4. The number of quaternary nitrogens is 1. The molecule has 0 aromatic heterocycles. The first-order chi connectivity index (χ1) is 20.5. The molecule has 7 nitrogen and oxygen atoms in total. The van der Waals surface area contributed by atoms with Gasteiger partial charge in [0.2, 0.25) is 0 Å². The normalized spacial score (nSPS) is 15.3. The molecular weight excluding hydrogens is 542 g/mol. The lowest BCUT2D eigenvalue weighted by atomic mass is 10.0. The summed E-state index contributed by atoms with van der Waals surface area (Å²) in [4.78, 5) is 34.5. The molecule has 0 saturated heterocycles. The fourth-order valence-corrected chi connectivity index (χ4v) is 5.66. The van der Waals surface area contributed by atoms with Gasteiger partial charge in [-0.15, -0.1) is 0 Å². The summed E-state index contributed by atoms with van der Waals surface area (Å²) in [6, 6.07) is 0. The van der Waals surface area contributed by atoms with Crippen LogP contribution < -0.4 is 0 Å². The fourth-order valence-electron chi connectivity index (χ4n) is 5.66. The van der Waals surface area contributed by atoms with Crippen LogP contribution in [0.4, 0.5) is 0 Å². The van der Waals surface area contributed by atoms with E-state index in [1.165, 1.54) is 96.3 Å². The van der Waals surface area contributed by atoms with Crippen LogP contribution in [-0.4, -0.2) is 63.9 Å². The van der Waals surface area contributed by atoms with Crippen LogP contribution in [0.5, 0.6) is 0 Å². The lowest BCUT2D eigenvalue weighted by Crippen LogP contribution is -2.52. The Bertz CT molecular complexity index is 692. The molecule has 43 heavy (non-hydrogen) atoms. The second kappa shape index (κ2) is 26.5. The Labute approximate surface area is 264 Å². The molecule has 0 aromatic rings. The van der Waals surface area contributed by atoms with E-state index in [9.17, 15) is 29.7 Å². The van der Waals surface area contributed by atoms with Gasteiger partial charge >= 0.3 is 17.9 Å². The molecule has 0 rings (SSSR count). The van der Waals surface area contributed by atoms with Crippen molar-refractivity contribution in [1.82, 2.24) is 0 Å². The van der Waals surface area contributed by atoms with E-state index >= 15 is 0 Å². The second-order valence-electron chi connectivity index (χ2n) is 13.3. The SMILES string of the molecule is CCCCCCCCCCCCCCCCC/C=C/CC[N+](CCC(C)C(=O)O)(CCC(C)C(=O)O)CCC(C)C(=O)O. The van der Waals surface area contributed by atoms with Gasteiger partial charge in [0, 0.05) is 25.7 Å². The van der Waals surface area contributed by atoms with Gasteiger partial charge in [-0.25, -0.2) is 0 Å². The number of allylic oxidation sites excluding steroid dienone is 1. The van der Waals surface area contributed by atoms with Crippen molar-refractivity contribution in [2.75, 3.05) is 26.2 Å². The van der Waals surface area contributed by atoms with Crippen molar-refractivity contribution in [1.29, 1.82) is 0 Å². The third-order valence-electron chi connectivity index (χ3n) is 9.29. The molecule has 3 N–H and O–H groups in total. The highest BCUT2D eigenvalue weighted by Gasteiger charge is 2.31. The second-order valence-corrected chi connectivity index (χ2v) is 13.3. The highest BCUT2D eigenvalue weighted by Crippen LogP contribution is 2.21. The molecule has 0 heterocycles. The summed E-state index contributed by atoms with van der Waals surface area (Å²) >= 11 is 0. The third kappa shape index (κ3) is 23.2. The molecule has 0 bridgehead atoms. The maximum atomic E-state index is 11.5. The van der Waals surface area contributed by atoms with Crippen molar-refractivity contribution >= 4 is 17.9 Å². The molecule has 3 atom stereocenters. The number of rotatable bonds is 31. The monoisotopic (exact) mass is 611 g/mol. The molecule has 0 saturated carbocycles. The summed E-state index contributed by atoms with van der Waals surface area (Å²) in [6.07, 6.45) is 28.2. The van der Waals surface area contributed by atoms with Crippen LogP contribution >= 0.6 is 0 Å². The maximum Gasteiger partial charge on any atom is 0.306 e. The predicted molar refractivity (Wildman–Crippen MR) is 177 cm³/mol. The number of hydrogen-bond acceptors (Lipinski definition) is 3. The van der Waals surface area contributed by atoms with Crippen LogP contribution in [0.3, 0.4) is 0 Å². The highest BCUT2D eigenvalue weighted by atomic mass is 16.4. The summed E-state index contributed by atoms with van der Waals surface area (Å²) in [5.74, 6) is -3.98. The molecule has 0 spiro atoms. The van der Waals surface area contributed by atoms with Crippen LogP contribution in [0.25, 0.3) is 0 Å². The maximum absolute atomic E-state index is 11.5. The van der Waals surface area contributed by atoms with E-state index in [-0.39, 0.29) is 0 Å². The summed E-state index contributed by atoms with van der Waals surface area (Å²) in [5, 5.41) is 28.3. The number of nitrogens with zero attached hydrogens (tertiary/aromatic N) is 1. The number of hydrogen-bond donors (Lipinski definition) is 3. The Morgan fingerprint density at radius 1 is 0.488 bits per heavy atom. The predicted octanol–water partition coefficient (Wildman–Crippen LogP) is 9.34. The minimum Gasteiger partial charge on any atom is -0.481 e. The molecule has 3 unspecified atom stereocenters. The lowest BCUT2D eigenvalue weighted by Gasteiger charge is -2.40. The molecule has 0 aliphatic carbocycles. The van der Waals surface area contributed by atoms with E-state index in [4.69, 9.17) is 0 Å². The smallest absolute Gasteiger partial charge is 0.306 e. The molecule has 0 amide bonds. The summed E-state index contributed by atoms with van der Waals surface area (Å²) < 4.78 is 0.566. The largest absolute Gasteiger partial charge is 0.481 e. The van der Waals surface area contributed by atoms with Crippen molar-refractivity contribution in [2.24, 2.45) is 17.8 Å². The lowest BCUT2D eigenvalue weighted by molar-refractivity contribution is -0.929. The Morgan fingerprint density at radius 3 is 1.12 bits per heavy atom. The van der Waals surface area contributed by atoms with E-state index in [0.29, 0.717) is 43.4 Å². The van der Waals surface area contributed by atoms with E-state index < -0.39 is 35.7 Å². The minimum absolute atomic E-state index is 0.487. The number of carbonyl (C=O) groups is 3. The van der Waals surface area contributed by atoms with Gasteiger partial charge in [0.25, 0.3) is 0 Å². The molecule has 0 aromatic carbocycles. The van der Waals surface area contributed by atoms with Crippen LogP contribution in [-0.2, 0) is 14.4 Å². The van der Waals surface area contributed by atoms with Gasteiger partial charge in [0.05, 0.1) is 43.9 Å².